The van der Waals surface area contributed by atoms with Gasteiger partial charge in [-0.15, -0.1) is 6.58 Å². The van der Waals surface area contributed by atoms with Crippen molar-refractivity contribution in [1.29, 1.82) is 0 Å². The molecule has 49 heavy (non-hydrogen) atoms. The normalized spacial score (nSPS) is 30.0. The molecule has 0 radical (unpaired) electrons. The Bertz CT molecular complexity index is 1650. The Labute approximate surface area is 289 Å². The van der Waals surface area contributed by atoms with E-state index in [2.05, 4.69) is 41.1 Å². The van der Waals surface area contributed by atoms with Crippen LogP contribution in [0.25, 0.3) is 0 Å². The van der Waals surface area contributed by atoms with Crippen molar-refractivity contribution in [3.05, 3.63) is 36.9 Å². The lowest BCUT2D eigenvalue weighted by molar-refractivity contribution is -0.141. The first kappa shape index (κ1) is 35.2. The van der Waals surface area contributed by atoms with Gasteiger partial charge >= 0.3 is 6.09 Å². The van der Waals surface area contributed by atoms with Crippen LogP contribution in [-0.4, -0.2) is 74.5 Å². The number of sulfonamides is 1. The number of nitrogens with one attached hydrogen (secondary N) is 4. The van der Waals surface area contributed by atoms with Gasteiger partial charge in [-0.05, 0) is 80.2 Å². The van der Waals surface area contributed by atoms with Crippen LogP contribution in [0, 0.1) is 28.1 Å². The van der Waals surface area contributed by atoms with E-state index < -0.39 is 51.5 Å². The molecule has 0 bridgehead atoms. The molecule has 0 unspecified atom stereocenters. The third-order valence-electron chi connectivity index (χ3n) is 12.9. The summed E-state index contributed by atoms with van der Waals surface area (Å²) in [4.78, 5) is 57.1. The standard InChI is InChI=1S/C36H51N5O7S/c1-7-23-19-36(23,31(44)40-49(46,47)27-16-11-10-15-25(27)37-6)39-29(42)26-20-35(33(4,5)34(35)17-12-18-34)21-41(26)30(43)28(22(2)3)38-32(45)48-24-13-8-9-14-24/h7,10-11,15-16,22-24,26,28,37H,1,8-9,12-14,17-21H2,2-6H3,(H,38,45)(H,39,42)(H,40,44)/t23-,26+,28+,35-,36-/m1/s1. The van der Waals surface area contributed by atoms with Crippen molar-refractivity contribution in [3.8, 4) is 0 Å². The van der Waals surface area contributed by atoms with E-state index in [9.17, 15) is 27.6 Å². The maximum absolute atomic E-state index is 14.5. The lowest BCUT2D eigenvalue weighted by Crippen LogP contribution is -2.59. The number of hydrogen-bond acceptors (Lipinski definition) is 8. The third-order valence-corrected chi connectivity index (χ3v) is 14.3. The zero-order chi connectivity index (χ0) is 35.6. The Hall–Kier alpha value is -3.61. The first-order valence-electron chi connectivity index (χ1n) is 17.7. The van der Waals surface area contributed by atoms with E-state index in [-0.39, 0.29) is 45.5 Å². The molecule has 5 fully saturated rings. The summed E-state index contributed by atoms with van der Waals surface area (Å²) in [6.07, 6.45) is 8.03. The van der Waals surface area contributed by atoms with Crippen molar-refractivity contribution >= 4 is 39.5 Å². The highest BCUT2D eigenvalue weighted by molar-refractivity contribution is 7.90. The summed E-state index contributed by atoms with van der Waals surface area (Å²) in [7, 11) is -2.71. The highest BCUT2D eigenvalue weighted by Crippen LogP contribution is 2.88. The van der Waals surface area contributed by atoms with Crippen LogP contribution in [0.15, 0.2) is 41.8 Å². The second-order valence-corrected chi connectivity index (χ2v) is 17.3. The fraction of sp³-hybridized carbons (Fsp3) is 0.667. The molecule has 6 rings (SSSR count). The molecule has 1 saturated heterocycles. The number of nitrogens with zero attached hydrogens (tertiary/aromatic N) is 1. The van der Waals surface area contributed by atoms with Crippen LogP contribution in [0.4, 0.5) is 10.5 Å². The fourth-order valence-electron chi connectivity index (χ4n) is 9.59. The average molecular weight is 698 g/mol. The van der Waals surface area contributed by atoms with Gasteiger partial charge in [0.05, 0.1) is 5.69 Å². The molecule has 4 saturated carbocycles. The van der Waals surface area contributed by atoms with Gasteiger partial charge in [0.25, 0.3) is 15.9 Å². The minimum absolute atomic E-state index is 0.0167. The molecule has 1 aromatic rings. The van der Waals surface area contributed by atoms with Crippen LogP contribution in [0.2, 0.25) is 0 Å². The van der Waals surface area contributed by atoms with Crippen molar-refractivity contribution in [1.82, 2.24) is 20.3 Å². The predicted molar refractivity (Wildman–Crippen MR) is 184 cm³/mol. The van der Waals surface area contributed by atoms with Crippen LogP contribution in [0.1, 0.15) is 85.5 Å². The summed E-state index contributed by atoms with van der Waals surface area (Å²) in [6.45, 7) is 12.3. The van der Waals surface area contributed by atoms with Crippen LogP contribution in [0.5, 0.6) is 0 Å². The molecule has 4 N–H and O–H groups in total. The van der Waals surface area contributed by atoms with Gasteiger partial charge in [-0.25, -0.2) is 17.9 Å². The van der Waals surface area contributed by atoms with Gasteiger partial charge in [0.1, 0.15) is 28.6 Å². The van der Waals surface area contributed by atoms with Crippen molar-refractivity contribution < 1.29 is 32.3 Å². The molecule has 268 valence electrons. The molecular weight excluding hydrogens is 646 g/mol. The number of benzene rings is 1. The van der Waals surface area contributed by atoms with Crippen LogP contribution >= 0.6 is 0 Å². The van der Waals surface area contributed by atoms with E-state index in [4.69, 9.17) is 4.74 Å². The quantitative estimate of drug-likeness (QED) is 0.252. The molecule has 2 spiro atoms. The highest BCUT2D eigenvalue weighted by Gasteiger charge is 2.85. The largest absolute Gasteiger partial charge is 0.446 e. The summed E-state index contributed by atoms with van der Waals surface area (Å²) in [5, 5.41) is 8.54. The van der Waals surface area contributed by atoms with E-state index in [1.807, 2.05) is 13.8 Å². The van der Waals surface area contributed by atoms with E-state index in [0.29, 0.717) is 18.7 Å². The summed E-state index contributed by atoms with van der Waals surface area (Å²) >= 11 is 0. The molecule has 5 aliphatic rings. The van der Waals surface area contributed by atoms with Gasteiger partial charge in [0, 0.05) is 24.9 Å². The minimum atomic E-state index is -4.30. The Morgan fingerprint density at radius 3 is 2.24 bits per heavy atom. The average Bonchev–Trinajstić information content (AvgIpc) is 3.52. The lowest BCUT2D eigenvalue weighted by Gasteiger charge is -2.32. The van der Waals surface area contributed by atoms with Crippen molar-refractivity contribution in [2.45, 2.75) is 114 Å². The van der Waals surface area contributed by atoms with Gasteiger partial charge in [-0.3, -0.25) is 14.4 Å². The van der Waals surface area contributed by atoms with Gasteiger partial charge in [-0.2, -0.15) is 0 Å². The smallest absolute Gasteiger partial charge is 0.408 e. The van der Waals surface area contributed by atoms with E-state index in [1.165, 1.54) is 12.1 Å². The van der Waals surface area contributed by atoms with Crippen molar-refractivity contribution in [3.63, 3.8) is 0 Å². The number of para-hydroxylation sites is 1. The molecular formula is C36H51N5O7S. The topological polar surface area (TPSA) is 163 Å². The number of rotatable bonds is 11. The third kappa shape index (κ3) is 5.50. The number of amides is 4. The minimum Gasteiger partial charge on any atom is -0.446 e. The maximum atomic E-state index is 14.5. The molecule has 5 atom stereocenters. The Kier molecular flexibility index (Phi) is 8.85. The van der Waals surface area contributed by atoms with Crippen LogP contribution in [-0.2, 0) is 29.1 Å². The second-order valence-electron chi connectivity index (χ2n) is 15.7. The molecule has 1 aromatic carbocycles. The Morgan fingerprint density at radius 2 is 1.69 bits per heavy atom. The summed E-state index contributed by atoms with van der Waals surface area (Å²) < 4.78 is 34.6. The monoisotopic (exact) mass is 697 g/mol. The van der Waals surface area contributed by atoms with Gasteiger partial charge in [0.15, 0.2) is 0 Å². The number of carbonyl (C=O) groups is 4. The fourth-order valence-corrected chi connectivity index (χ4v) is 10.8. The van der Waals surface area contributed by atoms with E-state index in [1.54, 1.807) is 30.1 Å². The Balaban J connectivity index is 1.25. The highest BCUT2D eigenvalue weighted by atomic mass is 32.2. The zero-order valence-corrected chi connectivity index (χ0v) is 30.1. The van der Waals surface area contributed by atoms with Crippen LogP contribution in [0.3, 0.4) is 0 Å². The molecule has 13 heteroatoms. The maximum Gasteiger partial charge on any atom is 0.408 e. The summed E-state index contributed by atoms with van der Waals surface area (Å²) in [5.41, 5.74) is -1.61. The molecule has 12 nitrogen and oxygen atoms in total. The van der Waals surface area contributed by atoms with Gasteiger partial charge < -0.3 is 25.6 Å². The molecule has 4 amide bonds. The SMILES string of the molecule is C=C[C@@H]1C[C@]1(NC(=O)[C@@H]1C[C@@]2(CN1C(=O)[C@@H](NC(=O)OC1CCCC1)C(C)C)C(C)(C)C21CCC1)C(=O)NS(=O)(=O)c1ccccc1NC. The molecule has 4 aliphatic carbocycles. The number of carbonyl (C=O) groups excluding carboxylic acids is 4. The van der Waals surface area contributed by atoms with Crippen LogP contribution < -0.4 is 20.7 Å². The lowest BCUT2D eigenvalue weighted by atomic mass is 9.73. The molecule has 1 aliphatic heterocycles. The number of likely N-dealkylation sites (tertiary alicyclic amines) is 1. The zero-order valence-electron chi connectivity index (χ0n) is 29.3. The number of fused-ring (bicyclic) bond motifs is 1. The van der Waals surface area contributed by atoms with Crippen molar-refractivity contribution in [2.24, 2.45) is 28.1 Å². The molecule has 0 aromatic heterocycles. The van der Waals surface area contributed by atoms with E-state index in [0.717, 1.165) is 44.9 Å². The summed E-state index contributed by atoms with van der Waals surface area (Å²) in [5.74, 6) is -2.54. The predicted octanol–water partition coefficient (Wildman–Crippen LogP) is 4.08. The molecule has 1 heterocycles. The number of hydrogen-bond donors (Lipinski definition) is 4. The number of alkyl carbamates (subject to hydrolysis) is 1. The Morgan fingerprint density at radius 1 is 1.02 bits per heavy atom. The first-order chi connectivity index (χ1) is 23.1. The summed E-state index contributed by atoms with van der Waals surface area (Å²) in [6, 6.07) is 4.38. The first-order valence-corrected chi connectivity index (χ1v) is 19.1. The van der Waals surface area contributed by atoms with Gasteiger partial charge in [0.2, 0.25) is 11.8 Å². The van der Waals surface area contributed by atoms with E-state index >= 15 is 0 Å². The number of anilines is 1. The van der Waals surface area contributed by atoms with Gasteiger partial charge in [-0.1, -0.05) is 52.3 Å². The van der Waals surface area contributed by atoms with Crippen molar-refractivity contribution in [2.75, 3.05) is 18.9 Å². The number of ether oxygens (including phenoxy) is 1. The second kappa shape index (κ2) is 12.3.